The largest absolute Gasteiger partial charge is 0.333 e. The lowest BCUT2D eigenvalue weighted by atomic mass is 10.2. The fourth-order valence-corrected chi connectivity index (χ4v) is 3.41. The second-order valence-electron chi connectivity index (χ2n) is 5.75. The smallest absolute Gasteiger partial charge is 0.305 e. The van der Waals surface area contributed by atoms with Crippen molar-refractivity contribution < 1.29 is 4.79 Å². The Bertz CT molecular complexity index is 888. The molecule has 2 aromatic heterocycles. The highest BCUT2D eigenvalue weighted by atomic mass is 32.1. The van der Waals surface area contributed by atoms with E-state index in [0.717, 1.165) is 22.6 Å². The summed E-state index contributed by atoms with van der Waals surface area (Å²) in [6.45, 7) is 2.79. The fraction of sp³-hybridized carbons (Fsp3) is 0.211. The molecule has 1 N–H and O–H groups in total. The third-order valence-corrected chi connectivity index (χ3v) is 4.86. The van der Waals surface area contributed by atoms with Crippen molar-refractivity contribution in [2.45, 2.75) is 19.9 Å². The molecule has 0 spiro atoms. The van der Waals surface area contributed by atoms with Crippen LogP contribution in [0.2, 0.25) is 0 Å². The number of nitrogens with zero attached hydrogens (tertiary/aromatic N) is 2. The number of amides is 1. The van der Waals surface area contributed by atoms with E-state index >= 15 is 0 Å². The topological polar surface area (TPSA) is 66.1 Å². The van der Waals surface area contributed by atoms with Gasteiger partial charge in [0.25, 0.3) is 5.91 Å². The van der Waals surface area contributed by atoms with Gasteiger partial charge in [-0.05, 0) is 24.6 Å². The van der Waals surface area contributed by atoms with Crippen molar-refractivity contribution in [3.05, 3.63) is 86.2 Å². The number of H-pyrrole nitrogens is 1. The van der Waals surface area contributed by atoms with E-state index in [9.17, 15) is 9.59 Å². The van der Waals surface area contributed by atoms with Crippen molar-refractivity contribution in [1.82, 2.24) is 14.9 Å². The summed E-state index contributed by atoms with van der Waals surface area (Å²) in [7, 11) is 0. The highest BCUT2D eigenvalue weighted by Gasteiger charge is 2.21. The van der Waals surface area contributed by atoms with E-state index in [0.29, 0.717) is 30.1 Å². The molecule has 0 aliphatic rings. The molecule has 6 heteroatoms. The first-order valence-electron chi connectivity index (χ1n) is 8.06. The maximum absolute atomic E-state index is 13.0. The molecule has 5 nitrogen and oxygen atoms in total. The van der Waals surface area contributed by atoms with E-state index in [2.05, 4.69) is 9.97 Å². The molecule has 0 bridgehead atoms. The van der Waals surface area contributed by atoms with Crippen molar-refractivity contribution in [2.24, 2.45) is 0 Å². The first-order chi connectivity index (χ1) is 12.1. The lowest BCUT2D eigenvalue weighted by Crippen LogP contribution is -2.32. The Morgan fingerprint density at radius 3 is 2.56 bits per heavy atom. The van der Waals surface area contributed by atoms with Gasteiger partial charge in [-0.3, -0.25) is 14.6 Å². The molecule has 128 valence electrons. The Hall–Kier alpha value is -2.73. The van der Waals surface area contributed by atoms with Crippen molar-refractivity contribution in [3.63, 3.8) is 0 Å². The van der Waals surface area contributed by atoms with Gasteiger partial charge in [-0.15, -0.1) is 0 Å². The van der Waals surface area contributed by atoms with Crippen LogP contribution in [0, 0.1) is 6.92 Å². The number of benzene rings is 1. The minimum Gasteiger partial charge on any atom is -0.333 e. The van der Waals surface area contributed by atoms with E-state index in [4.69, 9.17) is 0 Å². The number of aromatic amines is 1. The van der Waals surface area contributed by atoms with Crippen LogP contribution >= 0.6 is 11.3 Å². The van der Waals surface area contributed by atoms with Crippen LogP contribution in [0.15, 0.2) is 59.5 Å². The first kappa shape index (κ1) is 17.1. The van der Waals surface area contributed by atoms with Crippen LogP contribution in [-0.2, 0) is 13.0 Å². The molecule has 0 atom stereocenters. The molecule has 2 heterocycles. The summed E-state index contributed by atoms with van der Waals surface area (Å²) in [5.74, 6) is -0.124. The Kier molecular flexibility index (Phi) is 5.40. The minimum atomic E-state index is -0.203. The lowest BCUT2D eigenvalue weighted by molar-refractivity contribution is 0.0748. The summed E-state index contributed by atoms with van der Waals surface area (Å²) in [6.07, 6.45) is 2.42. The molecule has 0 radical (unpaired) electrons. The summed E-state index contributed by atoms with van der Waals surface area (Å²) in [5, 5.41) is 0. The van der Waals surface area contributed by atoms with E-state index in [-0.39, 0.29) is 10.8 Å². The van der Waals surface area contributed by atoms with Gasteiger partial charge in [0.15, 0.2) is 0 Å². The third kappa shape index (κ3) is 4.42. The Morgan fingerprint density at radius 2 is 1.92 bits per heavy atom. The predicted molar refractivity (Wildman–Crippen MR) is 98.8 cm³/mol. The molecule has 1 amide bonds. The van der Waals surface area contributed by atoms with Gasteiger partial charge >= 0.3 is 4.87 Å². The molecule has 25 heavy (non-hydrogen) atoms. The van der Waals surface area contributed by atoms with Crippen LogP contribution in [0.3, 0.4) is 0 Å². The van der Waals surface area contributed by atoms with Crippen molar-refractivity contribution in [2.75, 3.05) is 6.54 Å². The zero-order valence-electron chi connectivity index (χ0n) is 13.9. The van der Waals surface area contributed by atoms with Crippen molar-refractivity contribution >= 4 is 17.2 Å². The summed E-state index contributed by atoms with van der Waals surface area (Å²) >= 11 is 0.965. The highest BCUT2D eigenvalue weighted by molar-refractivity contribution is 7.11. The molecule has 0 saturated carbocycles. The van der Waals surface area contributed by atoms with Gasteiger partial charge in [0.1, 0.15) is 4.88 Å². The molecule has 0 saturated heterocycles. The molecule has 0 aliphatic heterocycles. The molecule has 3 rings (SSSR count). The quantitative estimate of drug-likeness (QED) is 0.741. The highest BCUT2D eigenvalue weighted by Crippen LogP contribution is 2.15. The van der Waals surface area contributed by atoms with Crippen LogP contribution in [0.5, 0.6) is 0 Å². The van der Waals surface area contributed by atoms with Crippen LogP contribution in [-0.4, -0.2) is 27.3 Å². The molecule has 0 unspecified atom stereocenters. The number of aryl methyl sites for hydroxylation is 1. The Labute approximate surface area is 150 Å². The monoisotopic (exact) mass is 353 g/mol. The zero-order valence-corrected chi connectivity index (χ0v) is 14.8. The van der Waals surface area contributed by atoms with Gasteiger partial charge in [-0.25, -0.2) is 0 Å². The van der Waals surface area contributed by atoms with E-state index < -0.39 is 0 Å². The average molecular weight is 353 g/mol. The van der Waals surface area contributed by atoms with Crippen LogP contribution in [0.25, 0.3) is 0 Å². The van der Waals surface area contributed by atoms with E-state index in [1.165, 1.54) is 0 Å². The molecule has 1 aromatic carbocycles. The maximum Gasteiger partial charge on any atom is 0.305 e. The SMILES string of the molecule is Cc1[nH]c(=O)sc1C(=O)N(CCc1ccccn1)Cc1ccccc1. The van der Waals surface area contributed by atoms with Crippen LogP contribution < -0.4 is 4.87 Å². The predicted octanol–water partition coefficient (Wildman–Crippen LogP) is 3.02. The van der Waals surface area contributed by atoms with Gasteiger partial charge in [-0.1, -0.05) is 47.7 Å². The number of nitrogens with one attached hydrogen (secondary N) is 1. The Morgan fingerprint density at radius 1 is 1.16 bits per heavy atom. The van der Waals surface area contributed by atoms with Crippen LogP contribution in [0.1, 0.15) is 26.6 Å². The van der Waals surface area contributed by atoms with E-state index in [1.807, 2.05) is 48.5 Å². The second-order valence-corrected chi connectivity index (χ2v) is 6.74. The van der Waals surface area contributed by atoms with Gasteiger partial charge in [-0.2, -0.15) is 0 Å². The number of pyridine rings is 1. The van der Waals surface area contributed by atoms with Crippen molar-refractivity contribution in [3.8, 4) is 0 Å². The molecule has 0 fully saturated rings. The summed E-state index contributed by atoms with van der Waals surface area (Å²) in [6, 6.07) is 15.6. The summed E-state index contributed by atoms with van der Waals surface area (Å²) in [5.41, 5.74) is 2.61. The maximum atomic E-state index is 13.0. The number of carbonyl (C=O) groups excluding carboxylic acids is 1. The van der Waals surface area contributed by atoms with Crippen molar-refractivity contribution in [1.29, 1.82) is 0 Å². The van der Waals surface area contributed by atoms with Gasteiger partial charge in [0.05, 0.1) is 0 Å². The summed E-state index contributed by atoms with van der Waals surface area (Å²) in [4.78, 5) is 33.6. The van der Waals surface area contributed by atoms with Gasteiger partial charge in [0, 0.05) is 37.1 Å². The molecular formula is C19H19N3O2S. The summed E-state index contributed by atoms with van der Waals surface area (Å²) < 4.78 is 0. The third-order valence-electron chi connectivity index (χ3n) is 3.89. The van der Waals surface area contributed by atoms with Crippen LogP contribution in [0.4, 0.5) is 0 Å². The number of thiazole rings is 1. The fourth-order valence-electron chi connectivity index (χ4n) is 2.60. The minimum absolute atomic E-state index is 0.124. The number of rotatable bonds is 6. The lowest BCUT2D eigenvalue weighted by Gasteiger charge is -2.22. The van der Waals surface area contributed by atoms with Gasteiger partial charge in [0.2, 0.25) is 0 Å². The average Bonchev–Trinajstić information content (AvgIpc) is 2.98. The molecular weight excluding hydrogens is 334 g/mol. The first-order valence-corrected chi connectivity index (χ1v) is 8.88. The molecule has 0 aliphatic carbocycles. The van der Waals surface area contributed by atoms with E-state index in [1.54, 1.807) is 18.0 Å². The van der Waals surface area contributed by atoms with Gasteiger partial charge < -0.3 is 9.88 Å². The molecule has 3 aromatic rings. The zero-order chi connectivity index (χ0) is 17.6. The number of carbonyl (C=O) groups is 1. The normalized spacial score (nSPS) is 10.6. The second kappa shape index (κ2) is 7.90. The Balaban J connectivity index is 1.81. The number of hydrogen-bond acceptors (Lipinski definition) is 4. The number of aromatic nitrogens is 2. The standard InChI is InChI=1S/C19H19N3O2S/c1-14-17(25-19(24)21-14)18(23)22(13-15-7-3-2-4-8-15)12-10-16-9-5-6-11-20-16/h2-9,11H,10,12-13H2,1H3,(H,21,24). The number of hydrogen-bond donors (Lipinski definition) is 1.